The SMILES string of the molecule is CCCOc1ccc(C2c3c(-c4ccccc4)n[nH]c3C(=O)N2Cc2ccncc2)cc1OC. The van der Waals surface area contributed by atoms with E-state index in [1.807, 2.05) is 65.6 Å². The number of hydrogen-bond acceptors (Lipinski definition) is 5. The fraction of sp³-hybridized carbons (Fsp3) is 0.222. The molecule has 0 saturated heterocycles. The molecular formula is C27H26N4O3. The predicted octanol–water partition coefficient (Wildman–Crippen LogP) is 5.01. The maximum atomic E-state index is 13.6. The van der Waals surface area contributed by atoms with Gasteiger partial charge in [0.2, 0.25) is 0 Å². The van der Waals surface area contributed by atoms with Crippen molar-refractivity contribution in [3.63, 3.8) is 0 Å². The molecule has 0 aliphatic carbocycles. The molecule has 0 radical (unpaired) electrons. The number of nitrogens with zero attached hydrogens (tertiary/aromatic N) is 3. The minimum atomic E-state index is -0.334. The van der Waals surface area contributed by atoms with Crippen LogP contribution >= 0.6 is 0 Å². The van der Waals surface area contributed by atoms with Crippen LogP contribution in [0.2, 0.25) is 0 Å². The average Bonchev–Trinajstić information content (AvgIpc) is 3.43. The lowest BCUT2D eigenvalue weighted by Crippen LogP contribution is -2.29. The van der Waals surface area contributed by atoms with Crippen molar-refractivity contribution in [3.8, 4) is 22.8 Å². The summed E-state index contributed by atoms with van der Waals surface area (Å²) >= 11 is 0. The number of pyridine rings is 1. The summed E-state index contributed by atoms with van der Waals surface area (Å²) in [6.07, 6.45) is 4.38. The van der Waals surface area contributed by atoms with Crippen LogP contribution in [0.1, 0.15) is 46.6 Å². The maximum absolute atomic E-state index is 13.6. The van der Waals surface area contributed by atoms with E-state index in [4.69, 9.17) is 9.47 Å². The van der Waals surface area contributed by atoms with Gasteiger partial charge in [0, 0.05) is 30.1 Å². The first-order valence-corrected chi connectivity index (χ1v) is 11.4. The van der Waals surface area contributed by atoms with Gasteiger partial charge in [-0.25, -0.2) is 0 Å². The first-order valence-electron chi connectivity index (χ1n) is 11.4. The van der Waals surface area contributed by atoms with Crippen LogP contribution in [-0.4, -0.2) is 39.7 Å². The van der Waals surface area contributed by atoms with Gasteiger partial charge in [0.05, 0.1) is 25.5 Å². The molecule has 1 atom stereocenters. The van der Waals surface area contributed by atoms with Gasteiger partial charge in [0.1, 0.15) is 5.69 Å². The first kappa shape index (κ1) is 21.7. The molecule has 7 heteroatoms. The zero-order valence-corrected chi connectivity index (χ0v) is 19.2. The highest BCUT2D eigenvalue weighted by Crippen LogP contribution is 2.45. The summed E-state index contributed by atoms with van der Waals surface area (Å²) in [6.45, 7) is 3.11. The molecule has 1 amide bonds. The quantitative estimate of drug-likeness (QED) is 0.405. The van der Waals surface area contributed by atoms with E-state index in [2.05, 4.69) is 22.1 Å². The lowest BCUT2D eigenvalue weighted by atomic mass is 9.95. The molecule has 0 spiro atoms. The van der Waals surface area contributed by atoms with Gasteiger partial charge in [0.25, 0.3) is 5.91 Å². The Hall–Kier alpha value is -4.13. The van der Waals surface area contributed by atoms with Crippen LogP contribution in [0.4, 0.5) is 0 Å². The smallest absolute Gasteiger partial charge is 0.273 e. The van der Waals surface area contributed by atoms with Crippen molar-refractivity contribution in [2.24, 2.45) is 0 Å². The Kier molecular flexibility index (Phi) is 5.99. The number of ether oxygens (including phenoxy) is 2. The van der Waals surface area contributed by atoms with E-state index in [1.54, 1.807) is 19.5 Å². The average molecular weight is 455 g/mol. The van der Waals surface area contributed by atoms with Crippen LogP contribution in [0.25, 0.3) is 11.3 Å². The van der Waals surface area contributed by atoms with Crippen LogP contribution in [0, 0.1) is 0 Å². The molecule has 0 bridgehead atoms. The molecule has 7 nitrogen and oxygen atoms in total. The van der Waals surface area contributed by atoms with Gasteiger partial charge in [-0.15, -0.1) is 0 Å². The number of nitrogens with one attached hydrogen (secondary N) is 1. The third-order valence-electron chi connectivity index (χ3n) is 5.98. The summed E-state index contributed by atoms with van der Waals surface area (Å²) in [5.41, 5.74) is 5.05. The van der Waals surface area contributed by atoms with E-state index >= 15 is 0 Å². The lowest BCUT2D eigenvalue weighted by Gasteiger charge is -2.27. The molecule has 2 aromatic heterocycles. The standard InChI is InChI=1S/C27H26N4O3/c1-3-15-34-21-10-9-20(16-22(21)33-2)26-23-24(19-7-5-4-6-8-19)29-30-25(23)27(32)31(26)17-18-11-13-28-14-12-18/h4-14,16,26H,3,15,17H2,1-2H3,(H,29,30). The normalized spacial score (nSPS) is 14.8. The van der Waals surface area contributed by atoms with Crippen molar-refractivity contribution in [2.45, 2.75) is 25.9 Å². The van der Waals surface area contributed by atoms with E-state index in [-0.39, 0.29) is 11.9 Å². The molecule has 2 aromatic carbocycles. The van der Waals surface area contributed by atoms with Crippen LogP contribution in [-0.2, 0) is 6.54 Å². The van der Waals surface area contributed by atoms with Crippen molar-refractivity contribution in [1.82, 2.24) is 20.1 Å². The lowest BCUT2D eigenvalue weighted by molar-refractivity contribution is 0.0729. The number of methoxy groups -OCH3 is 1. The second kappa shape index (κ2) is 9.39. The Bertz CT molecular complexity index is 1290. The Labute approximate surface area is 198 Å². The van der Waals surface area contributed by atoms with Gasteiger partial charge in [-0.3, -0.25) is 14.9 Å². The topological polar surface area (TPSA) is 80.3 Å². The number of fused-ring (bicyclic) bond motifs is 1. The van der Waals surface area contributed by atoms with E-state index in [0.29, 0.717) is 30.3 Å². The fourth-order valence-corrected chi connectivity index (χ4v) is 4.39. The number of carbonyl (C=O) groups is 1. The van der Waals surface area contributed by atoms with Gasteiger partial charge in [0.15, 0.2) is 11.5 Å². The van der Waals surface area contributed by atoms with Gasteiger partial charge in [-0.1, -0.05) is 43.3 Å². The molecular weight excluding hydrogens is 428 g/mol. The summed E-state index contributed by atoms with van der Waals surface area (Å²) in [4.78, 5) is 19.5. The fourth-order valence-electron chi connectivity index (χ4n) is 4.39. The van der Waals surface area contributed by atoms with Crippen LogP contribution < -0.4 is 9.47 Å². The van der Waals surface area contributed by atoms with Crippen molar-refractivity contribution >= 4 is 5.91 Å². The monoisotopic (exact) mass is 454 g/mol. The molecule has 1 unspecified atom stereocenters. The number of amides is 1. The minimum Gasteiger partial charge on any atom is -0.493 e. The summed E-state index contributed by atoms with van der Waals surface area (Å²) in [6, 6.07) is 19.3. The summed E-state index contributed by atoms with van der Waals surface area (Å²) in [5, 5.41) is 7.55. The van der Waals surface area contributed by atoms with Gasteiger partial charge < -0.3 is 14.4 Å². The highest BCUT2D eigenvalue weighted by molar-refractivity contribution is 6.00. The molecule has 34 heavy (non-hydrogen) atoms. The molecule has 1 N–H and O–H groups in total. The Morgan fingerprint density at radius 3 is 2.56 bits per heavy atom. The molecule has 0 saturated carbocycles. The number of benzene rings is 2. The maximum Gasteiger partial charge on any atom is 0.273 e. The molecule has 0 fully saturated rings. The number of rotatable bonds is 8. The van der Waals surface area contributed by atoms with E-state index in [0.717, 1.165) is 34.4 Å². The van der Waals surface area contributed by atoms with Crippen molar-refractivity contribution in [1.29, 1.82) is 0 Å². The number of H-pyrrole nitrogens is 1. The summed E-state index contributed by atoms with van der Waals surface area (Å²) in [5.74, 6) is 1.24. The largest absolute Gasteiger partial charge is 0.493 e. The van der Waals surface area contributed by atoms with Crippen LogP contribution in [0.3, 0.4) is 0 Å². The van der Waals surface area contributed by atoms with Crippen LogP contribution in [0.15, 0.2) is 73.1 Å². The summed E-state index contributed by atoms with van der Waals surface area (Å²) in [7, 11) is 1.63. The van der Waals surface area contributed by atoms with Crippen molar-refractivity contribution < 1.29 is 14.3 Å². The minimum absolute atomic E-state index is 0.0863. The van der Waals surface area contributed by atoms with Gasteiger partial charge in [-0.2, -0.15) is 5.10 Å². The Morgan fingerprint density at radius 1 is 1.03 bits per heavy atom. The third-order valence-corrected chi connectivity index (χ3v) is 5.98. The molecule has 1 aliphatic rings. The summed E-state index contributed by atoms with van der Waals surface area (Å²) < 4.78 is 11.5. The zero-order chi connectivity index (χ0) is 23.5. The number of aromatic nitrogens is 3. The second-order valence-corrected chi connectivity index (χ2v) is 8.18. The van der Waals surface area contributed by atoms with E-state index in [9.17, 15) is 4.79 Å². The van der Waals surface area contributed by atoms with Crippen molar-refractivity contribution in [3.05, 3.63) is 95.4 Å². The third kappa shape index (κ3) is 3.90. The zero-order valence-electron chi connectivity index (χ0n) is 19.2. The van der Waals surface area contributed by atoms with E-state index in [1.165, 1.54) is 0 Å². The molecule has 4 aromatic rings. The molecule has 3 heterocycles. The highest BCUT2D eigenvalue weighted by Gasteiger charge is 2.42. The molecule has 1 aliphatic heterocycles. The van der Waals surface area contributed by atoms with Crippen LogP contribution in [0.5, 0.6) is 11.5 Å². The number of aromatic amines is 1. The van der Waals surface area contributed by atoms with E-state index < -0.39 is 0 Å². The van der Waals surface area contributed by atoms with Gasteiger partial charge in [-0.05, 0) is 41.8 Å². The Balaban J connectivity index is 1.63. The predicted molar refractivity (Wildman–Crippen MR) is 129 cm³/mol. The first-order chi connectivity index (χ1) is 16.7. The molecule has 5 rings (SSSR count). The Morgan fingerprint density at radius 2 is 1.82 bits per heavy atom. The van der Waals surface area contributed by atoms with Crippen molar-refractivity contribution in [2.75, 3.05) is 13.7 Å². The molecule has 172 valence electrons. The highest BCUT2D eigenvalue weighted by atomic mass is 16.5. The van der Waals surface area contributed by atoms with Gasteiger partial charge >= 0.3 is 0 Å². The number of carbonyl (C=O) groups excluding carboxylic acids is 1. The number of hydrogen-bond donors (Lipinski definition) is 1. The second-order valence-electron chi connectivity index (χ2n) is 8.18.